The molecule has 0 aliphatic carbocycles. The number of fused-ring (bicyclic) bond motifs is 1. The summed E-state index contributed by atoms with van der Waals surface area (Å²) in [6, 6.07) is 15.8. The van der Waals surface area contributed by atoms with Gasteiger partial charge in [-0.05, 0) is 41.5 Å². The zero-order valence-corrected chi connectivity index (χ0v) is 20.5. The molecule has 0 radical (unpaired) electrons. The second-order valence-electron chi connectivity index (χ2n) is 8.10. The third-order valence-electron chi connectivity index (χ3n) is 5.56. The molecule has 4 aromatic rings. The number of pyridine rings is 1. The van der Waals surface area contributed by atoms with Crippen molar-refractivity contribution in [1.29, 1.82) is 0 Å². The van der Waals surface area contributed by atoms with Gasteiger partial charge in [-0.2, -0.15) is 0 Å². The van der Waals surface area contributed by atoms with Crippen LogP contribution in [0.25, 0.3) is 10.9 Å². The summed E-state index contributed by atoms with van der Waals surface area (Å²) < 4.78 is 45.2. The molecule has 0 aliphatic rings. The molecule has 0 bridgehead atoms. The highest BCUT2D eigenvalue weighted by molar-refractivity contribution is 7.80. The molecule has 4 rings (SSSR count). The molecule has 184 valence electrons. The standard InChI is InChI=1S/C28H23F2NO4S/c1-33-27-15-21-24(16-28(27)34-2)31-10-9-25(21)35-26-8-7-17(12-23(26)30)11-20(36)14-19(32)13-18-5-3-4-6-22(18)29/h3-10,12,15-16H,11,13-14H2,1-2H3. The molecule has 3 aromatic carbocycles. The van der Waals surface area contributed by atoms with Gasteiger partial charge in [0.15, 0.2) is 23.1 Å². The van der Waals surface area contributed by atoms with E-state index in [4.69, 9.17) is 26.4 Å². The summed E-state index contributed by atoms with van der Waals surface area (Å²) in [6.45, 7) is 0. The molecular formula is C28H23F2NO4S. The number of thiocarbonyl (C=S) groups is 1. The van der Waals surface area contributed by atoms with E-state index in [1.54, 1.807) is 48.7 Å². The lowest BCUT2D eigenvalue weighted by molar-refractivity contribution is -0.117. The van der Waals surface area contributed by atoms with E-state index in [9.17, 15) is 13.6 Å². The van der Waals surface area contributed by atoms with Gasteiger partial charge in [0.1, 0.15) is 17.3 Å². The van der Waals surface area contributed by atoms with Gasteiger partial charge in [0.25, 0.3) is 0 Å². The van der Waals surface area contributed by atoms with Crippen molar-refractivity contribution in [2.45, 2.75) is 19.3 Å². The fraction of sp³-hybridized carbons (Fsp3) is 0.179. The number of benzene rings is 3. The molecule has 5 nitrogen and oxygen atoms in total. The van der Waals surface area contributed by atoms with Crippen molar-refractivity contribution in [2.24, 2.45) is 0 Å². The highest BCUT2D eigenvalue weighted by Crippen LogP contribution is 2.37. The molecule has 0 amide bonds. The van der Waals surface area contributed by atoms with E-state index in [1.807, 2.05) is 0 Å². The molecule has 0 spiro atoms. The second kappa shape index (κ2) is 11.2. The lowest BCUT2D eigenvalue weighted by Gasteiger charge is -2.13. The smallest absolute Gasteiger partial charge is 0.166 e. The summed E-state index contributed by atoms with van der Waals surface area (Å²) in [5.41, 5.74) is 1.54. The maximum atomic E-state index is 14.9. The first-order chi connectivity index (χ1) is 17.4. The summed E-state index contributed by atoms with van der Waals surface area (Å²) in [6.07, 6.45) is 1.78. The highest BCUT2D eigenvalue weighted by Gasteiger charge is 2.15. The molecule has 0 aliphatic heterocycles. The summed E-state index contributed by atoms with van der Waals surface area (Å²) >= 11 is 5.34. The van der Waals surface area contributed by atoms with Crippen molar-refractivity contribution in [2.75, 3.05) is 14.2 Å². The molecular weight excluding hydrogens is 484 g/mol. The number of methoxy groups -OCH3 is 2. The minimum Gasteiger partial charge on any atom is -0.493 e. The Kier molecular flexibility index (Phi) is 7.85. The number of rotatable bonds is 10. The largest absolute Gasteiger partial charge is 0.493 e. The lowest BCUT2D eigenvalue weighted by Crippen LogP contribution is -2.11. The van der Waals surface area contributed by atoms with Gasteiger partial charge in [0.2, 0.25) is 0 Å². The summed E-state index contributed by atoms with van der Waals surface area (Å²) in [7, 11) is 3.06. The number of hydrogen-bond donors (Lipinski definition) is 0. The van der Waals surface area contributed by atoms with Gasteiger partial charge in [0.05, 0.1) is 19.7 Å². The van der Waals surface area contributed by atoms with Crippen LogP contribution in [-0.2, 0) is 17.6 Å². The van der Waals surface area contributed by atoms with Crippen LogP contribution in [0.2, 0.25) is 0 Å². The summed E-state index contributed by atoms with van der Waals surface area (Å²) in [5, 5.41) is 0.633. The van der Waals surface area contributed by atoms with Gasteiger partial charge in [-0.3, -0.25) is 9.78 Å². The maximum absolute atomic E-state index is 14.9. The van der Waals surface area contributed by atoms with Gasteiger partial charge >= 0.3 is 0 Å². The molecule has 1 heterocycles. The van der Waals surface area contributed by atoms with Crippen molar-refractivity contribution < 1.29 is 27.8 Å². The summed E-state index contributed by atoms with van der Waals surface area (Å²) in [4.78, 5) is 17.1. The molecule has 0 N–H and O–H groups in total. The van der Waals surface area contributed by atoms with Crippen molar-refractivity contribution in [1.82, 2.24) is 4.98 Å². The van der Waals surface area contributed by atoms with Gasteiger partial charge < -0.3 is 14.2 Å². The van der Waals surface area contributed by atoms with Crippen LogP contribution in [0.15, 0.2) is 66.9 Å². The minimum absolute atomic E-state index is 0.0117. The van der Waals surface area contributed by atoms with Crippen LogP contribution in [0.5, 0.6) is 23.0 Å². The van der Waals surface area contributed by atoms with Crippen LogP contribution < -0.4 is 14.2 Å². The average Bonchev–Trinajstić information content (AvgIpc) is 2.86. The van der Waals surface area contributed by atoms with Crippen LogP contribution in [0.1, 0.15) is 17.5 Å². The van der Waals surface area contributed by atoms with Crippen molar-refractivity contribution >= 4 is 33.8 Å². The van der Waals surface area contributed by atoms with E-state index in [2.05, 4.69) is 4.98 Å². The fourth-order valence-corrected chi connectivity index (χ4v) is 4.15. The Bertz CT molecular complexity index is 1440. The van der Waals surface area contributed by atoms with Gasteiger partial charge in [-0.25, -0.2) is 8.78 Å². The normalized spacial score (nSPS) is 10.8. The molecule has 0 saturated carbocycles. The Morgan fingerprint density at radius 1 is 0.861 bits per heavy atom. The number of ether oxygens (including phenoxy) is 3. The number of ketones is 1. The number of hydrogen-bond acceptors (Lipinski definition) is 6. The predicted molar refractivity (Wildman–Crippen MR) is 137 cm³/mol. The number of Topliss-reactive ketones (excluding diaryl/α,β-unsaturated/α-hetero) is 1. The Morgan fingerprint density at radius 3 is 2.33 bits per heavy atom. The molecule has 8 heteroatoms. The second-order valence-corrected chi connectivity index (χ2v) is 8.68. The number of carbonyl (C=O) groups is 1. The van der Waals surface area contributed by atoms with Crippen molar-refractivity contribution in [3.63, 3.8) is 0 Å². The van der Waals surface area contributed by atoms with E-state index < -0.39 is 11.6 Å². The van der Waals surface area contributed by atoms with E-state index in [0.29, 0.717) is 44.1 Å². The monoisotopic (exact) mass is 507 g/mol. The van der Waals surface area contributed by atoms with Gasteiger partial charge in [0, 0.05) is 41.8 Å². The van der Waals surface area contributed by atoms with Gasteiger partial charge in [-0.1, -0.05) is 36.5 Å². The number of aromatic nitrogens is 1. The van der Waals surface area contributed by atoms with Crippen LogP contribution in [0.3, 0.4) is 0 Å². The molecule has 0 saturated heterocycles. The predicted octanol–water partition coefficient (Wildman–Crippen LogP) is 6.44. The van der Waals surface area contributed by atoms with Crippen LogP contribution in [-0.4, -0.2) is 29.9 Å². The molecule has 1 aromatic heterocycles. The fourth-order valence-electron chi connectivity index (χ4n) is 3.82. The Hall–Kier alpha value is -3.91. The first kappa shape index (κ1) is 25.2. The van der Waals surface area contributed by atoms with Crippen LogP contribution in [0, 0.1) is 11.6 Å². The minimum atomic E-state index is -0.571. The van der Waals surface area contributed by atoms with E-state index >= 15 is 0 Å². The Labute approximate surface area is 212 Å². The summed E-state index contributed by atoms with van der Waals surface area (Å²) in [5.74, 6) is 0.268. The Balaban J connectivity index is 1.45. The first-order valence-electron chi connectivity index (χ1n) is 11.1. The van der Waals surface area contributed by atoms with Crippen LogP contribution in [0.4, 0.5) is 8.78 Å². The zero-order valence-electron chi connectivity index (χ0n) is 19.7. The third-order valence-corrected chi connectivity index (χ3v) is 5.85. The topological polar surface area (TPSA) is 57.7 Å². The molecule has 0 unspecified atom stereocenters. The van der Waals surface area contributed by atoms with Crippen molar-refractivity contribution in [3.05, 3.63) is 89.6 Å². The SMILES string of the molecule is COc1cc2nccc(Oc3ccc(CC(=S)CC(=O)Cc4ccccc4F)cc3F)c2cc1OC. The highest BCUT2D eigenvalue weighted by atomic mass is 32.1. The van der Waals surface area contributed by atoms with Crippen LogP contribution >= 0.6 is 12.2 Å². The molecule has 0 fully saturated rings. The van der Waals surface area contributed by atoms with E-state index in [1.165, 1.54) is 32.4 Å². The maximum Gasteiger partial charge on any atom is 0.166 e. The third kappa shape index (κ3) is 5.83. The molecule has 36 heavy (non-hydrogen) atoms. The lowest BCUT2D eigenvalue weighted by atomic mass is 10.0. The quantitative estimate of drug-likeness (QED) is 0.230. The zero-order chi connectivity index (χ0) is 25.7. The molecule has 0 atom stereocenters. The first-order valence-corrected chi connectivity index (χ1v) is 11.5. The number of carbonyl (C=O) groups excluding carboxylic acids is 1. The van der Waals surface area contributed by atoms with Gasteiger partial charge in [-0.15, -0.1) is 0 Å². The Morgan fingerprint density at radius 2 is 1.61 bits per heavy atom. The van der Waals surface area contributed by atoms with E-state index in [-0.39, 0.29) is 30.8 Å². The van der Waals surface area contributed by atoms with Crippen molar-refractivity contribution in [3.8, 4) is 23.0 Å². The van der Waals surface area contributed by atoms with E-state index in [0.717, 1.165) is 0 Å². The number of nitrogens with zero attached hydrogens (tertiary/aromatic N) is 1. The average molecular weight is 508 g/mol. The number of halogens is 2.